The maximum atomic E-state index is 12.5. The fourth-order valence-corrected chi connectivity index (χ4v) is 3.60. The molecule has 0 unspecified atom stereocenters. The molecule has 6 nitrogen and oxygen atoms in total. The van der Waals surface area contributed by atoms with Crippen LogP contribution in [0.3, 0.4) is 0 Å². The van der Waals surface area contributed by atoms with Crippen LogP contribution in [-0.2, 0) is 9.59 Å². The molecule has 2 amide bonds. The number of rotatable bonds is 5. The molecule has 2 fully saturated rings. The summed E-state index contributed by atoms with van der Waals surface area (Å²) in [7, 11) is 0. The number of carbonyl (C=O) groups excluding carboxylic acids is 2. The Morgan fingerprint density at radius 3 is 2.12 bits per heavy atom. The second-order valence-electron chi connectivity index (χ2n) is 7.41. The van der Waals surface area contributed by atoms with E-state index in [-0.39, 0.29) is 11.8 Å². The number of nitrogens with zero attached hydrogens (tertiary/aromatic N) is 3. The Morgan fingerprint density at radius 1 is 0.846 bits per heavy atom. The normalized spacial score (nSPS) is 19.3. The summed E-state index contributed by atoms with van der Waals surface area (Å²) in [6.07, 6.45) is 3.70. The molecule has 0 radical (unpaired) electrons. The first-order chi connectivity index (χ1) is 12.6. The van der Waals surface area contributed by atoms with Crippen molar-refractivity contribution in [3.05, 3.63) is 29.8 Å². The van der Waals surface area contributed by atoms with Crippen LogP contribution in [0.1, 0.15) is 24.8 Å². The third-order valence-corrected chi connectivity index (χ3v) is 5.24. The lowest BCUT2D eigenvalue weighted by Crippen LogP contribution is -2.52. The molecule has 6 heteroatoms. The van der Waals surface area contributed by atoms with Crippen molar-refractivity contribution in [3.63, 3.8) is 0 Å². The number of anilines is 1. The monoisotopic (exact) mass is 358 g/mol. The maximum absolute atomic E-state index is 12.5. The van der Waals surface area contributed by atoms with E-state index in [1.165, 1.54) is 24.8 Å². The van der Waals surface area contributed by atoms with E-state index in [4.69, 9.17) is 0 Å². The van der Waals surface area contributed by atoms with Crippen LogP contribution in [0.5, 0.6) is 0 Å². The van der Waals surface area contributed by atoms with Gasteiger partial charge in [0.2, 0.25) is 11.8 Å². The SMILES string of the molecule is Cc1ccc(NC(=O)CN2CCN(C(=O)CN3CCCCC3)CC2)cc1. The number of aryl methyl sites for hydroxylation is 1. The molecule has 26 heavy (non-hydrogen) atoms. The molecule has 0 aliphatic carbocycles. The van der Waals surface area contributed by atoms with Gasteiger partial charge in [-0.3, -0.25) is 19.4 Å². The minimum atomic E-state index is 0.00180. The summed E-state index contributed by atoms with van der Waals surface area (Å²) in [5, 5.41) is 2.94. The van der Waals surface area contributed by atoms with E-state index in [1.54, 1.807) is 0 Å². The molecule has 1 aromatic carbocycles. The zero-order chi connectivity index (χ0) is 18.4. The molecule has 0 saturated carbocycles. The van der Waals surface area contributed by atoms with Crippen LogP contribution in [0, 0.1) is 6.92 Å². The summed E-state index contributed by atoms with van der Waals surface area (Å²) in [6.45, 7) is 7.98. The summed E-state index contributed by atoms with van der Waals surface area (Å²) >= 11 is 0. The quantitative estimate of drug-likeness (QED) is 0.868. The summed E-state index contributed by atoms with van der Waals surface area (Å²) in [5.74, 6) is 0.234. The number of likely N-dealkylation sites (tertiary alicyclic amines) is 1. The molecule has 2 saturated heterocycles. The summed E-state index contributed by atoms with van der Waals surface area (Å²) in [4.78, 5) is 31.0. The van der Waals surface area contributed by atoms with Crippen molar-refractivity contribution in [2.24, 2.45) is 0 Å². The Balaban J connectivity index is 1.38. The van der Waals surface area contributed by atoms with E-state index in [0.717, 1.165) is 31.9 Å². The lowest BCUT2D eigenvalue weighted by atomic mass is 10.1. The van der Waals surface area contributed by atoms with Crippen LogP contribution in [0.2, 0.25) is 0 Å². The number of piperazine rings is 1. The molecule has 0 spiro atoms. The van der Waals surface area contributed by atoms with Gasteiger partial charge in [0.05, 0.1) is 13.1 Å². The Bertz CT molecular complexity index is 603. The van der Waals surface area contributed by atoms with Crippen LogP contribution in [0.25, 0.3) is 0 Å². The van der Waals surface area contributed by atoms with Crippen molar-refractivity contribution in [2.45, 2.75) is 26.2 Å². The molecule has 1 aromatic rings. The lowest BCUT2D eigenvalue weighted by Gasteiger charge is -2.36. The largest absolute Gasteiger partial charge is 0.339 e. The van der Waals surface area contributed by atoms with Gasteiger partial charge in [-0.2, -0.15) is 0 Å². The van der Waals surface area contributed by atoms with Gasteiger partial charge in [0, 0.05) is 31.9 Å². The fraction of sp³-hybridized carbons (Fsp3) is 0.600. The van der Waals surface area contributed by atoms with Crippen molar-refractivity contribution in [1.82, 2.24) is 14.7 Å². The molecule has 2 aliphatic rings. The molecule has 142 valence electrons. The van der Waals surface area contributed by atoms with Gasteiger partial charge in [-0.15, -0.1) is 0 Å². The third-order valence-electron chi connectivity index (χ3n) is 5.24. The molecular weight excluding hydrogens is 328 g/mol. The predicted molar refractivity (Wildman–Crippen MR) is 103 cm³/mol. The highest BCUT2D eigenvalue weighted by Crippen LogP contribution is 2.11. The number of benzene rings is 1. The Morgan fingerprint density at radius 2 is 1.46 bits per heavy atom. The predicted octanol–water partition coefficient (Wildman–Crippen LogP) is 1.56. The topological polar surface area (TPSA) is 55.9 Å². The van der Waals surface area contributed by atoms with Gasteiger partial charge < -0.3 is 10.2 Å². The number of hydrogen-bond donors (Lipinski definition) is 1. The Kier molecular flexibility index (Phi) is 6.63. The van der Waals surface area contributed by atoms with Gasteiger partial charge >= 0.3 is 0 Å². The number of amides is 2. The highest BCUT2D eigenvalue weighted by Gasteiger charge is 2.24. The average Bonchev–Trinajstić information content (AvgIpc) is 2.65. The van der Waals surface area contributed by atoms with Crippen LogP contribution >= 0.6 is 0 Å². The summed E-state index contributed by atoms with van der Waals surface area (Å²) < 4.78 is 0. The highest BCUT2D eigenvalue weighted by molar-refractivity contribution is 5.92. The lowest BCUT2D eigenvalue weighted by molar-refractivity contribution is -0.134. The zero-order valence-electron chi connectivity index (χ0n) is 15.7. The van der Waals surface area contributed by atoms with Crippen molar-refractivity contribution in [2.75, 3.05) is 57.7 Å². The minimum absolute atomic E-state index is 0.00180. The van der Waals surface area contributed by atoms with Gasteiger partial charge in [0.25, 0.3) is 0 Å². The van der Waals surface area contributed by atoms with E-state index in [0.29, 0.717) is 26.2 Å². The molecule has 0 aromatic heterocycles. The Hall–Kier alpha value is -1.92. The van der Waals surface area contributed by atoms with Gasteiger partial charge in [0.15, 0.2) is 0 Å². The molecule has 1 N–H and O–H groups in total. The first-order valence-corrected chi connectivity index (χ1v) is 9.69. The maximum Gasteiger partial charge on any atom is 0.238 e. The highest BCUT2D eigenvalue weighted by atomic mass is 16.2. The van der Waals surface area contributed by atoms with Gasteiger partial charge in [-0.05, 0) is 45.0 Å². The number of hydrogen-bond acceptors (Lipinski definition) is 4. The summed E-state index contributed by atoms with van der Waals surface area (Å²) in [5.41, 5.74) is 2.00. The summed E-state index contributed by atoms with van der Waals surface area (Å²) in [6, 6.07) is 7.82. The van der Waals surface area contributed by atoms with E-state index in [9.17, 15) is 9.59 Å². The standard InChI is InChI=1S/C20H30N4O2/c1-17-5-7-18(8-6-17)21-19(25)15-23-11-13-24(14-12-23)20(26)16-22-9-3-2-4-10-22/h5-8H,2-4,9-16H2,1H3,(H,21,25). The smallest absolute Gasteiger partial charge is 0.238 e. The van der Waals surface area contributed by atoms with Crippen LogP contribution in [0.15, 0.2) is 24.3 Å². The molecule has 2 heterocycles. The van der Waals surface area contributed by atoms with E-state index in [2.05, 4.69) is 15.1 Å². The van der Waals surface area contributed by atoms with Crippen LogP contribution < -0.4 is 5.32 Å². The third kappa shape index (κ3) is 5.54. The van der Waals surface area contributed by atoms with E-state index in [1.807, 2.05) is 36.1 Å². The zero-order valence-corrected chi connectivity index (χ0v) is 15.7. The van der Waals surface area contributed by atoms with Crippen molar-refractivity contribution >= 4 is 17.5 Å². The first kappa shape index (κ1) is 18.9. The molecule has 3 rings (SSSR count). The fourth-order valence-electron chi connectivity index (χ4n) is 3.60. The first-order valence-electron chi connectivity index (χ1n) is 9.69. The Labute approximate surface area is 156 Å². The molecule has 0 atom stereocenters. The molecule has 2 aliphatic heterocycles. The van der Waals surface area contributed by atoms with Crippen LogP contribution in [0.4, 0.5) is 5.69 Å². The second kappa shape index (κ2) is 9.14. The van der Waals surface area contributed by atoms with Crippen molar-refractivity contribution in [3.8, 4) is 0 Å². The molecular formula is C20H30N4O2. The second-order valence-corrected chi connectivity index (χ2v) is 7.41. The van der Waals surface area contributed by atoms with E-state index < -0.39 is 0 Å². The van der Waals surface area contributed by atoms with Gasteiger partial charge in [-0.1, -0.05) is 24.1 Å². The average molecular weight is 358 g/mol. The van der Waals surface area contributed by atoms with Crippen LogP contribution in [-0.4, -0.2) is 78.9 Å². The van der Waals surface area contributed by atoms with E-state index >= 15 is 0 Å². The molecule has 0 bridgehead atoms. The number of carbonyl (C=O) groups is 2. The number of piperidine rings is 1. The number of nitrogens with one attached hydrogen (secondary N) is 1. The van der Waals surface area contributed by atoms with Crippen molar-refractivity contribution in [1.29, 1.82) is 0 Å². The van der Waals surface area contributed by atoms with Gasteiger partial charge in [-0.25, -0.2) is 0 Å². The van der Waals surface area contributed by atoms with Crippen molar-refractivity contribution < 1.29 is 9.59 Å². The minimum Gasteiger partial charge on any atom is -0.339 e. The van der Waals surface area contributed by atoms with Gasteiger partial charge in [0.1, 0.15) is 0 Å².